The van der Waals surface area contributed by atoms with E-state index in [0.29, 0.717) is 12.0 Å². The van der Waals surface area contributed by atoms with Gasteiger partial charge in [-0.1, -0.05) is 70.9 Å². The molecule has 1 heterocycles. The van der Waals surface area contributed by atoms with Gasteiger partial charge in [0.15, 0.2) is 0 Å². The van der Waals surface area contributed by atoms with Crippen molar-refractivity contribution in [1.29, 1.82) is 0 Å². The minimum Gasteiger partial charge on any atom is -0.377 e. The summed E-state index contributed by atoms with van der Waals surface area (Å²) in [7, 11) is 0. The molecule has 1 aliphatic heterocycles. The van der Waals surface area contributed by atoms with Crippen molar-refractivity contribution in [3.05, 3.63) is 12.2 Å². The third kappa shape index (κ3) is 6.91. The second kappa shape index (κ2) is 11.6. The fraction of sp³-hybridized carbons (Fsp3) is 0.923. The van der Waals surface area contributed by atoms with Crippen LogP contribution >= 0.6 is 0 Å². The van der Waals surface area contributed by atoms with E-state index >= 15 is 0 Å². The SMILES string of the molecule is CCCCCC1CCC(C=CC2CCC(C3CCC(CC)CC3)OC2)CC1. The first-order chi connectivity index (χ1) is 13.3. The van der Waals surface area contributed by atoms with E-state index in [1.165, 1.54) is 96.3 Å². The molecule has 156 valence electrons. The van der Waals surface area contributed by atoms with Crippen LogP contribution in [0.4, 0.5) is 0 Å². The standard InChI is InChI=1S/C26H46O/c1-3-5-6-7-22-8-10-23(11-9-22)12-13-24-16-19-26(27-20-24)25-17-14-21(4-2)15-18-25/h12-13,21-26H,3-11,14-20H2,1-2H3. The summed E-state index contributed by atoms with van der Waals surface area (Å²) in [5.74, 6) is 4.44. The van der Waals surface area contributed by atoms with Gasteiger partial charge in [0.25, 0.3) is 0 Å². The van der Waals surface area contributed by atoms with Crippen molar-refractivity contribution in [2.24, 2.45) is 29.6 Å². The largest absolute Gasteiger partial charge is 0.377 e. The molecule has 3 fully saturated rings. The highest BCUT2D eigenvalue weighted by molar-refractivity contribution is 4.96. The second-order valence-electron chi connectivity index (χ2n) is 10.1. The Balaban J connectivity index is 1.30. The fourth-order valence-corrected chi connectivity index (χ4v) is 5.95. The molecular weight excluding hydrogens is 328 g/mol. The molecule has 0 bridgehead atoms. The minimum atomic E-state index is 0.575. The molecule has 0 N–H and O–H groups in total. The van der Waals surface area contributed by atoms with Crippen molar-refractivity contribution in [2.45, 2.75) is 116 Å². The number of ether oxygens (including phenoxy) is 1. The monoisotopic (exact) mass is 374 g/mol. The van der Waals surface area contributed by atoms with Crippen molar-refractivity contribution in [2.75, 3.05) is 6.61 Å². The third-order valence-electron chi connectivity index (χ3n) is 8.10. The smallest absolute Gasteiger partial charge is 0.0603 e. The van der Waals surface area contributed by atoms with Gasteiger partial charge in [0.2, 0.25) is 0 Å². The van der Waals surface area contributed by atoms with Crippen LogP contribution in [0, 0.1) is 29.6 Å². The molecular formula is C26H46O. The van der Waals surface area contributed by atoms with Gasteiger partial charge in [-0.3, -0.25) is 0 Å². The Bertz CT molecular complexity index is 404. The zero-order valence-electron chi connectivity index (χ0n) is 18.3. The van der Waals surface area contributed by atoms with Crippen LogP contribution in [0.3, 0.4) is 0 Å². The van der Waals surface area contributed by atoms with Gasteiger partial charge in [0, 0.05) is 5.92 Å². The topological polar surface area (TPSA) is 9.23 Å². The lowest BCUT2D eigenvalue weighted by Crippen LogP contribution is -2.33. The molecule has 1 saturated heterocycles. The molecule has 0 spiro atoms. The maximum atomic E-state index is 6.36. The molecule has 1 heteroatoms. The van der Waals surface area contributed by atoms with Gasteiger partial charge in [0.05, 0.1) is 12.7 Å². The summed E-state index contributed by atoms with van der Waals surface area (Å²) >= 11 is 0. The number of rotatable bonds is 8. The Kier molecular flexibility index (Phi) is 9.23. The van der Waals surface area contributed by atoms with Crippen LogP contribution in [-0.4, -0.2) is 12.7 Å². The van der Waals surface area contributed by atoms with Gasteiger partial charge in [0.1, 0.15) is 0 Å². The average Bonchev–Trinajstić information content (AvgIpc) is 2.74. The van der Waals surface area contributed by atoms with E-state index in [9.17, 15) is 0 Å². The number of hydrogen-bond acceptors (Lipinski definition) is 1. The van der Waals surface area contributed by atoms with E-state index in [1.807, 2.05) is 0 Å². The predicted molar refractivity (Wildman–Crippen MR) is 117 cm³/mol. The van der Waals surface area contributed by atoms with Gasteiger partial charge < -0.3 is 4.74 Å². The van der Waals surface area contributed by atoms with Crippen molar-refractivity contribution < 1.29 is 4.74 Å². The summed E-state index contributed by atoms with van der Waals surface area (Å²) in [5.41, 5.74) is 0. The third-order valence-corrected chi connectivity index (χ3v) is 8.10. The first kappa shape index (κ1) is 21.4. The maximum Gasteiger partial charge on any atom is 0.0603 e. The molecule has 0 aromatic heterocycles. The molecule has 1 nitrogen and oxygen atoms in total. The molecule has 0 amide bonds. The molecule has 0 aromatic carbocycles. The first-order valence-electron chi connectivity index (χ1n) is 12.6. The Morgan fingerprint density at radius 3 is 2.00 bits per heavy atom. The first-order valence-corrected chi connectivity index (χ1v) is 12.6. The minimum absolute atomic E-state index is 0.575. The van der Waals surface area contributed by atoms with Gasteiger partial charge >= 0.3 is 0 Å². The maximum absolute atomic E-state index is 6.36. The lowest BCUT2D eigenvalue weighted by Gasteiger charge is -2.37. The summed E-state index contributed by atoms with van der Waals surface area (Å²) in [4.78, 5) is 0. The van der Waals surface area contributed by atoms with Gasteiger partial charge in [-0.15, -0.1) is 0 Å². The van der Waals surface area contributed by atoms with Crippen LogP contribution in [0.2, 0.25) is 0 Å². The Labute approximate surface area is 169 Å². The Morgan fingerprint density at radius 2 is 1.37 bits per heavy atom. The van der Waals surface area contributed by atoms with Crippen molar-refractivity contribution in [3.63, 3.8) is 0 Å². The van der Waals surface area contributed by atoms with E-state index in [1.54, 1.807) is 0 Å². The van der Waals surface area contributed by atoms with E-state index in [0.717, 1.165) is 30.3 Å². The van der Waals surface area contributed by atoms with Crippen molar-refractivity contribution in [3.8, 4) is 0 Å². The predicted octanol–water partition coefficient (Wildman–Crippen LogP) is 7.94. The van der Waals surface area contributed by atoms with Crippen LogP contribution in [0.1, 0.15) is 110 Å². The van der Waals surface area contributed by atoms with Crippen LogP contribution in [0.25, 0.3) is 0 Å². The highest BCUT2D eigenvalue weighted by atomic mass is 16.5. The molecule has 27 heavy (non-hydrogen) atoms. The number of unbranched alkanes of at least 4 members (excludes halogenated alkanes) is 2. The van der Waals surface area contributed by atoms with E-state index < -0.39 is 0 Å². The lowest BCUT2D eigenvalue weighted by atomic mass is 9.76. The van der Waals surface area contributed by atoms with Gasteiger partial charge in [-0.2, -0.15) is 0 Å². The van der Waals surface area contributed by atoms with E-state index in [-0.39, 0.29) is 0 Å². The molecule has 2 atom stereocenters. The molecule has 3 rings (SSSR count). The number of hydrogen-bond donors (Lipinski definition) is 0. The summed E-state index contributed by atoms with van der Waals surface area (Å²) in [6.45, 7) is 5.66. The van der Waals surface area contributed by atoms with Crippen LogP contribution < -0.4 is 0 Å². The molecule has 0 aromatic rings. The molecule has 2 aliphatic carbocycles. The van der Waals surface area contributed by atoms with Gasteiger partial charge in [-0.25, -0.2) is 0 Å². The zero-order valence-corrected chi connectivity index (χ0v) is 18.3. The summed E-state index contributed by atoms with van der Waals surface area (Å²) in [5, 5.41) is 0. The zero-order chi connectivity index (χ0) is 18.9. The van der Waals surface area contributed by atoms with Crippen molar-refractivity contribution >= 4 is 0 Å². The highest BCUT2D eigenvalue weighted by Gasteiger charge is 2.30. The quantitative estimate of drug-likeness (QED) is 0.309. The fourth-order valence-electron chi connectivity index (χ4n) is 5.95. The summed E-state index contributed by atoms with van der Waals surface area (Å²) in [6, 6.07) is 0. The van der Waals surface area contributed by atoms with Crippen molar-refractivity contribution in [1.82, 2.24) is 0 Å². The molecule has 3 aliphatic rings. The highest BCUT2D eigenvalue weighted by Crippen LogP contribution is 2.37. The number of allylic oxidation sites excluding steroid dienone is 1. The molecule has 2 unspecified atom stereocenters. The Morgan fingerprint density at radius 1 is 0.704 bits per heavy atom. The second-order valence-corrected chi connectivity index (χ2v) is 10.1. The lowest BCUT2D eigenvalue weighted by molar-refractivity contribution is -0.0492. The van der Waals surface area contributed by atoms with E-state index in [4.69, 9.17) is 4.74 Å². The summed E-state index contributed by atoms with van der Waals surface area (Å²) in [6.07, 6.45) is 27.0. The molecule has 2 saturated carbocycles. The average molecular weight is 375 g/mol. The Hall–Kier alpha value is -0.300. The van der Waals surface area contributed by atoms with Crippen LogP contribution in [-0.2, 0) is 4.74 Å². The normalized spacial score (nSPS) is 38.3. The van der Waals surface area contributed by atoms with Crippen LogP contribution in [0.15, 0.2) is 12.2 Å². The molecule has 0 radical (unpaired) electrons. The summed E-state index contributed by atoms with van der Waals surface area (Å²) < 4.78 is 6.36. The van der Waals surface area contributed by atoms with Gasteiger partial charge in [-0.05, 0) is 75.0 Å². The van der Waals surface area contributed by atoms with E-state index in [2.05, 4.69) is 26.0 Å². The van der Waals surface area contributed by atoms with Crippen LogP contribution in [0.5, 0.6) is 0 Å².